The number of non-ortho nitro benzene ring substituents is 1. The predicted octanol–water partition coefficient (Wildman–Crippen LogP) is 3.64. The molecule has 0 aliphatic heterocycles. The van der Waals surface area contributed by atoms with Crippen LogP contribution in [0.3, 0.4) is 0 Å². The van der Waals surface area contributed by atoms with Gasteiger partial charge in [-0.2, -0.15) is 0 Å². The normalized spacial score (nSPS) is 10.8. The van der Waals surface area contributed by atoms with E-state index in [9.17, 15) is 14.9 Å². The second-order valence-corrected chi connectivity index (χ2v) is 4.35. The lowest BCUT2D eigenvalue weighted by atomic mass is 10.1. The molecule has 2 rings (SSSR count). The number of rotatable bonds is 5. The summed E-state index contributed by atoms with van der Waals surface area (Å²) in [5.74, 6) is 1.23. The van der Waals surface area contributed by atoms with Crippen molar-refractivity contribution in [1.82, 2.24) is 0 Å². The molecule has 0 N–H and O–H groups in total. The zero-order chi connectivity index (χ0) is 15.4. The molecule has 0 bridgehead atoms. The van der Waals surface area contributed by atoms with Crippen molar-refractivity contribution in [2.24, 2.45) is 0 Å². The summed E-state index contributed by atoms with van der Waals surface area (Å²) in [5, 5.41) is 10.2. The molecular formula is C14H10ClNO5. The van der Waals surface area contributed by atoms with Crippen LogP contribution in [0.4, 0.5) is 5.69 Å². The Morgan fingerprint density at radius 2 is 2.14 bits per heavy atom. The molecule has 0 atom stereocenters. The van der Waals surface area contributed by atoms with Gasteiger partial charge in [0.15, 0.2) is 0 Å². The lowest BCUT2D eigenvalue weighted by Crippen LogP contribution is -1.91. The smallest absolute Gasteiger partial charge is 0.270 e. The molecule has 1 heterocycles. The number of benzene rings is 1. The van der Waals surface area contributed by atoms with E-state index in [1.807, 2.05) is 0 Å². The molecule has 0 fully saturated rings. The second-order valence-electron chi connectivity index (χ2n) is 3.98. The van der Waals surface area contributed by atoms with E-state index in [0.717, 1.165) is 6.08 Å². The van der Waals surface area contributed by atoms with Crippen molar-refractivity contribution in [3.8, 4) is 17.1 Å². The summed E-state index contributed by atoms with van der Waals surface area (Å²) >= 11 is 5.19. The molecule has 1 aromatic carbocycles. The van der Waals surface area contributed by atoms with Gasteiger partial charge in [0.25, 0.3) is 5.69 Å². The number of carbonyl (C=O) groups excluding carboxylic acids is 1. The number of hydrogen-bond donors (Lipinski definition) is 0. The molecule has 0 amide bonds. The van der Waals surface area contributed by atoms with Crippen molar-refractivity contribution in [3.05, 3.63) is 52.3 Å². The molecule has 0 saturated heterocycles. The van der Waals surface area contributed by atoms with Gasteiger partial charge in [-0.15, -0.1) is 0 Å². The summed E-state index contributed by atoms with van der Waals surface area (Å²) in [7, 11) is 1.46. The maximum absolute atomic E-state index is 10.8. The maximum Gasteiger partial charge on any atom is 0.270 e. The Kier molecular flexibility index (Phi) is 4.39. The van der Waals surface area contributed by atoms with Gasteiger partial charge in [-0.25, -0.2) is 0 Å². The number of allylic oxidation sites excluding steroid dienone is 1. The number of methoxy groups -OCH3 is 1. The molecule has 0 radical (unpaired) electrons. The van der Waals surface area contributed by atoms with E-state index in [2.05, 4.69) is 0 Å². The zero-order valence-electron chi connectivity index (χ0n) is 10.9. The van der Waals surface area contributed by atoms with E-state index in [-0.39, 0.29) is 5.69 Å². The molecule has 21 heavy (non-hydrogen) atoms. The fourth-order valence-corrected chi connectivity index (χ4v) is 1.80. The maximum atomic E-state index is 10.8. The number of furan rings is 1. The predicted molar refractivity (Wildman–Crippen MR) is 77.2 cm³/mol. The number of halogens is 1. The monoisotopic (exact) mass is 307 g/mol. The van der Waals surface area contributed by atoms with Gasteiger partial charge in [0.2, 0.25) is 5.24 Å². The Hall–Kier alpha value is -2.60. The molecule has 108 valence electrons. The molecule has 0 aliphatic rings. The van der Waals surface area contributed by atoms with Gasteiger partial charge in [0, 0.05) is 18.2 Å². The van der Waals surface area contributed by atoms with Crippen LogP contribution in [0.2, 0.25) is 0 Å². The van der Waals surface area contributed by atoms with Crippen LogP contribution in [-0.2, 0) is 4.79 Å². The highest BCUT2D eigenvalue weighted by Gasteiger charge is 2.15. The first-order valence-corrected chi connectivity index (χ1v) is 6.19. The number of ether oxygens (including phenoxy) is 1. The average molecular weight is 308 g/mol. The van der Waals surface area contributed by atoms with Gasteiger partial charge in [-0.1, -0.05) is 0 Å². The van der Waals surface area contributed by atoms with Crippen LogP contribution in [-0.4, -0.2) is 17.3 Å². The van der Waals surface area contributed by atoms with Crippen molar-refractivity contribution in [2.45, 2.75) is 0 Å². The van der Waals surface area contributed by atoms with Crippen molar-refractivity contribution < 1.29 is 18.9 Å². The number of nitro benzene ring substituents is 1. The third-order valence-corrected chi connectivity index (χ3v) is 2.79. The minimum atomic E-state index is -0.624. The van der Waals surface area contributed by atoms with E-state index in [0.29, 0.717) is 22.8 Å². The van der Waals surface area contributed by atoms with Gasteiger partial charge in [0.05, 0.1) is 17.6 Å². The van der Waals surface area contributed by atoms with E-state index in [1.54, 1.807) is 12.1 Å². The van der Waals surface area contributed by atoms with Crippen LogP contribution in [0.5, 0.6) is 5.75 Å². The van der Waals surface area contributed by atoms with Crippen molar-refractivity contribution in [3.63, 3.8) is 0 Å². The van der Waals surface area contributed by atoms with Crippen LogP contribution in [0.15, 0.2) is 40.8 Å². The summed E-state index contributed by atoms with van der Waals surface area (Å²) in [6, 6.07) is 7.44. The summed E-state index contributed by atoms with van der Waals surface area (Å²) in [5.41, 5.74) is 0.374. The number of nitrogens with zero attached hydrogens (tertiary/aromatic N) is 1. The van der Waals surface area contributed by atoms with E-state index < -0.39 is 10.2 Å². The third-order valence-electron chi connectivity index (χ3n) is 2.66. The van der Waals surface area contributed by atoms with Gasteiger partial charge < -0.3 is 9.15 Å². The molecular weight excluding hydrogens is 298 g/mol. The molecule has 0 saturated carbocycles. The van der Waals surface area contributed by atoms with E-state index >= 15 is 0 Å². The van der Waals surface area contributed by atoms with Crippen LogP contribution in [0.1, 0.15) is 5.76 Å². The Morgan fingerprint density at radius 1 is 1.38 bits per heavy atom. The van der Waals surface area contributed by atoms with Gasteiger partial charge in [0.1, 0.15) is 17.3 Å². The number of hydrogen-bond acceptors (Lipinski definition) is 5. The molecule has 0 spiro atoms. The summed E-state index contributed by atoms with van der Waals surface area (Å²) in [4.78, 5) is 21.0. The summed E-state index contributed by atoms with van der Waals surface area (Å²) < 4.78 is 10.7. The quantitative estimate of drug-likeness (QED) is 0.364. The van der Waals surface area contributed by atoms with Crippen LogP contribution in [0.25, 0.3) is 17.4 Å². The Balaban J connectivity index is 2.43. The molecule has 1 aromatic heterocycles. The molecule has 2 aromatic rings. The van der Waals surface area contributed by atoms with Crippen LogP contribution in [0, 0.1) is 10.1 Å². The first-order chi connectivity index (χ1) is 10.0. The van der Waals surface area contributed by atoms with Gasteiger partial charge in [-0.05, 0) is 35.9 Å². The molecule has 0 unspecified atom stereocenters. The summed E-state index contributed by atoms with van der Waals surface area (Å²) in [6.07, 6.45) is 2.55. The fraction of sp³-hybridized carbons (Fsp3) is 0.0714. The van der Waals surface area contributed by atoms with Crippen molar-refractivity contribution >= 4 is 28.6 Å². The van der Waals surface area contributed by atoms with Crippen LogP contribution >= 0.6 is 11.6 Å². The first-order valence-electron chi connectivity index (χ1n) is 5.81. The first kappa shape index (κ1) is 14.8. The number of carbonyl (C=O) groups is 1. The highest BCUT2D eigenvalue weighted by molar-refractivity contribution is 6.66. The lowest BCUT2D eigenvalue weighted by molar-refractivity contribution is -0.384. The summed E-state index contributed by atoms with van der Waals surface area (Å²) in [6.45, 7) is 0. The lowest BCUT2D eigenvalue weighted by Gasteiger charge is -2.05. The Morgan fingerprint density at radius 3 is 2.76 bits per heavy atom. The Bertz CT molecular complexity index is 720. The third kappa shape index (κ3) is 3.49. The highest BCUT2D eigenvalue weighted by Crippen LogP contribution is 2.34. The second kappa shape index (κ2) is 6.23. The number of nitro groups is 1. The average Bonchev–Trinajstić information content (AvgIpc) is 2.93. The Labute approximate surface area is 124 Å². The van der Waals surface area contributed by atoms with Gasteiger partial charge >= 0.3 is 0 Å². The van der Waals surface area contributed by atoms with Crippen molar-refractivity contribution in [2.75, 3.05) is 7.11 Å². The van der Waals surface area contributed by atoms with E-state index in [4.69, 9.17) is 20.8 Å². The fourth-order valence-electron chi connectivity index (χ4n) is 1.74. The molecule has 7 heteroatoms. The standard InChI is InChI=1S/C14H10ClNO5/c1-20-12-5-2-9(16(18)19)8-11(12)13-6-3-10(21-13)4-7-14(15)17/h2-8H,1H3/b7-4+. The van der Waals surface area contributed by atoms with Crippen LogP contribution < -0.4 is 4.74 Å². The van der Waals surface area contributed by atoms with Gasteiger partial charge in [-0.3, -0.25) is 14.9 Å². The minimum Gasteiger partial charge on any atom is -0.496 e. The zero-order valence-corrected chi connectivity index (χ0v) is 11.7. The minimum absolute atomic E-state index is 0.0739. The van der Waals surface area contributed by atoms with E-state index in [1.165, 1.54) is 31.4 Å². The topological polar surface area (TPSA) is 82.6 Å². The molecule has 6 nitrogen and oxygen atoms in total. The SMILES string of the molecule is COc1ccc([N+](=O)[O-])cc1-c1ccc(/C=C/C(=O)Cl)o1. The highest BCUT2D eigenvalue weighted by atomic mass is 35.5. The largest absolute Gasteiger partial charge is 0.496 e. The van der Waals surface area contributed by atoms with Crippen molar-refractivity contribution in [1.29, 1.82) is 0 Å². The molecule has 0 aliphatic carbocycles.